The van der Waals surface area contributed by atoms with E-state index in [0.29, 0.717) is 52.9 Å². The molecule has 0 heterocycles. The van der Waals surface area contributed by atoms with Crippen molar-refractivity contribution in [1.29, 1.82) is 0 Å². The van der Waals surface area contributed by atoms with Gasteiger partial charge in [0.1, 0.15) is 12.2 Å². The van der Waals surface area contributed by atoms with Crippen LogP contribution < -0.4 is 0 Å². The van der Waals surface area contributed by atoms with E-state index in [-0.39, 0.29) is 25.4 Å². The highest BCUT2D eigenvalue weighted by atomic mass is 16.6. The molecule has 0 aromatic heterocycles. The Labute approximate surface area is 127 Å². The monoisotopic (exact) mass is 310 g/mol. The van der Waals surface area contributed by atoms with Crippen LogP contribution in [0.4, 0.5) is 0 Å². The lowest BCUT2D eigenvalue weighted by Gasteiger charge is -2.20. The van der Waals surface area contributed by atoms with Crippen LogP contribution in [0, 0.1) is 0 Å². The summed E-state index contributed by atoms with van der Waals surface area (Å²) in [7, 11) is 0. The number of aliphatic hydroxyl groups excluding tert-OH is 2. The van der Waals surface area contributed by atoms with Crippen LogP contribution in [0.2, 0.25) is 0 Å². The largest absolute Gasteiger partial charge is 0.394 e. The standard InChI is InChI=1S/C14H30O7/c1-3-20-13(9-17-7-5-15)11-19-12-14(21-4-2)10-18-8-6-16/h13-16H,3-12H2,1-2H3. The Bertz CT molecular complexity index is 184. The minimum absolute atomic E-state index is 0.00564. The number of ether oxygens (including phenoxy) is 5. The molecule has 7 nitrogen and oxygen atoms in total. The van der Waals surface area contributed by atoms with Gasteiger partial charge < -0.3 is 33.9 Å². The van der Waals surface area contributed by atoms with Gasteiger partial charge in [0.25, 0.3) is 0 Å². The molecule has 2 N–H and O–H groups in total. The summed E-state index contributed by atoms with van der Waals surface area (Å²) in [5.41, 5.74) is 0. The predicted octanol–water partition coefficient (Wildman–Crippen LogP) is -0.169. The zero-order valence-electron chi connectivity index (χ0n) is 13.2. The average molecular weight is 310 g/mol. The lowest BCUT2D eigenvalue weighted by atomic mass is 10.3. The molecule has 7 heteroatoms. The highest BCUT2D eigenvalue weighted by Gasteiger charge is 2.13. The summed E-state index contributed by atoms with van der Waals surface area (Å²) in [5, 5.41) is 17.3. The van der Waals surface area contributed by atoms with Gasteiger partial charge >= 0.3 is 0 Å². The van der Waals surface area contributed by atoms with Crippen molar-refractivity contribution in [3.63, 3.8) is 0 Å². The fraction of sp³-hybridized carbons (Fsp3) is 1.00. The van der Waals surface area contributed by atoms with E-state index >= 15 is 0 Å². The summed E-state index contributed by atoms with van der Waals surface area (Å²) in [6.45, 7) is 7.09. The second kappa shape index (κ2) is 16.1. The lowest BCUT2D eigenvalue weighted by molar-refractivity contribution is -0.0941. The fourth-order valence-electron chi connectivity index (χ4n) is 1.65. The Morgan fingerprint density at radius 2 is 1.05 bits per heavy atom. The van der Waals surface area contributed by atoms with Crippen LogP contribution in [0.3, 0.4) is 0 Å². The quantitative estimate of drug-likeness (QED) is 0.383. The van der Waals surface area contributed by atoms with Gasteiger partial charge in [0.15, 0.2) is 0 Å². The van der Waals surface area contributed by atoms with Crippen LogP contribution in [-0.2, 0) is 23.7 Å². The van der Waals surface area contributed by atoms with Gasteiger partial charge in [0.05, 0.1) is 52.9 Å². The Morgan fingerprint density at radius 3 is 1.38 bits per heavy atom. The van der Waals surface area contributed by atoms with Gasteiger partial charge in [-0.2, -0.15) is 0 Å². The van der Waals surface area contributed by atoms with Crippen molar-refractivity contribution in [2.45, 2.75) is 26.1 Å². The van der Waals surface area contributed by atoms with Crippen LogP contribution in [-0.4, -0.2) is 88.5 Å². The van der Waals surface area contributed by atoms with Crippen molar-refractivity contribution < 1.29 is 33.9 Å². The van der Waals surface area contributed by atoms with Gasteiger partial charge in [0, 0.05) is 13.2 Å². The molecule has 0 spiro atoms. The molecule has 0 saturated carbocycles. The van der Waals surface area contributed by atoms with Crippen LogP contribution in [0.5, 0.6) is 0 Å². The van der Waals surface area contributed by atoms with Gasteiger partial charge in [0.2, 0.25) is 0 Å². The second-order valence-electron chi connectivity index (χ2n) is 4.29. The first kappa shape index (κ1) is 20.7. The topological polar surface area (TPSA) is 86.6 Å². The minimum Gasteiger partial charge on any atom is -0.394 e. The highest BCUT2D eigenvalue weighted by Crippen LogP contribution is 2.00. The molecule has 0 aliphatic rings. The summed E-state index contributed by atoms with van der Waals surface area (Å²) in [5.74, 6) is 0. The Balaban J connectivity index is 3.88. The molecule has 0 aromatic carbocycles. The molecular formula is C14H30O7. The molecular weight excluding hydrogens is 280 g/mol. The molecule has 21 heavy (non-hydrogen) atoms. The molecule has 0 saturated heterocycles. The normalized spacial score (nSPS) is 14.3. The maximum absolute atomic E-state index is 8.67. The van der Waals surface area contributed by atoms with Crippen LogP contribution in [0.1, 0.15) is 13.8 Å². The van der Waals surface area contributed by atoms with E-state index in [1.807, 2.05) is 13.8 Å². The smallest absolute Gasteiger partial charge is 0.104 e. The van der Waals surface area contributed by atoms with E-state index < -0.39 is 0 Å². The van der Waals surface area contributed by atoms with Gasteiger partial charge in [-0.15, -0.1) is 0 Å². The second-order valence-corrected chi connectivity index (χ2v) is 4.29. The number of rotatable bonds is 16. The molecule has 128 valence electrons. The molecule has 0 fully saturated rings. The summed E-state index contributed by atoms with van der Waals surface area (Å²) in [6.07, 6.45) is -0.329. The zero-order valence-corrected chi connectivity index (χ0v) is 13.2. The van der Waals surface area contributed by atoms with Gasteiger partial charge in [-0.1, -0.05) is 0 Å². The summed E-state index contributed by atoms with van der Waals surface area (Å²) < 4.78 is 27.1. The van der Waals surface area contributed by atoms with E-state index in [1.54, 1.807) is 0 Å². The van der Waals surface area contributed by atoms with Crippen LogP contribution in [0.25, 0.3) is 0 Å². The van der Waals surface area contributed by atoms with Crippen molar-refractivity contribution in [3.8, 4) is 0 Å². The Morgan fingerprint density at radius 1 is 0.667 bits per heavy atom. The SMILES string of the molecule is CCOC(COCCO)COCC(COCCO)OCC. The van der Waals surface area contributed by atoms with Crippen LogP contribution >= 0.6 is 0 Å². The van der Waals surface area contributed by atoms with Crippen molar-refractivity contribution in [3.05, 3.63) is 0 Å². The van der Waals surface area contributed by atoms with E-state index in [0.717, 1.165) is 0 Å². The molecule has 0 aromatic rings. The van der Waals surface area contributed by atoms with Crippen molar-refractivity contribution in [1.82, 2.24) is 0 Å². The van der Waals surface area contributed by atoms with Gasteiger partial charge in [-0.25, -0.2) is 0 Å². The maximum Gasteiger partial charge on any atom is 0.104 e. The molecule has 0 aliphatic heterocycles. The molecule has 2 unspecified atom stereocenters. The van der Waals surface area contributed by atoms with Gasteiger partial charge in [-0.05, 0) is 13.8 Å². The third-order valence-corrected chi connectivity index (χ3v) is 2.49. The summed E-state index contributed by atoms with van der Waals surface area (Å²) in [4.78, 5) is 0. The summed E-state index contributed by atoms with van der Waals surface area (Å²) >= 11 is 0. The van der Waals surface area contributed by atoms with Crippen molar-refractivity contribution >= 4 is 0 Å². The van der Waals surface area contributed by atoms with E-state index in [2.05, 4.69) is 0 Å². The number of aliphatic hydroxyl groups is 2. The lowest BCUT2D eigenvalue weighted by Crippen LogP contribution is -2.31. The van der Waals surface area contributed by atoms with Crippen LogP contribution in [0.15, 0.2) is 0 Å². The van der Waals surface area contributed by atoms with Gasteiger partial charge in [-0.3, -0.25) is 0 Å². The molecule has 0 radical (unpaired) electrons. The first-order chi connectivity index (χ1) is 10.3. The zero-order chi connectivity index (χ0) is 15.8. The first-order valence-corrected chi connectivity index (χ1v) is 7.46. The molecule has 0 amide bonds. The number of hydrogen-bond acceptors (Lipinski definition) is 7. The maximum atomic E-state index is 8.67. The Hall–Kier alpha value is -0.280. The minimum atomic E-state index is -0.165. The Kier molecular flexibility index (Phi) is 15.9. The van der Waals surface area contributed by atoms with Crippen molar-refractivity contribution in [2.75, 3.05) is 66.1 Å². The summed E-state index contributed by atoms with van der Waals surface area (Å²) in [6, 6.07) is 0. The fourth-order valence-corrected chi connectivity index (χ4v) is 1.65. The predicted molar refractivity (Wildman–Crippen MR) is 77.5 cm³/mol. The first-order valence-electron chi connectivity index (χ1n) is 7.46. The third-order valence-electron chi connectivity index (χ3n) is 2.49. The average Bonchev–Trinajstić information content (AvgIpc) is 2.47. The highest BCUT2D eigenvalue weighted by molar-refractivity contribution is 4.59. The van der Waals surface area contributed by atoms with Crippen molar-refractivity contribution in [2.24, 2.45) is 0 Å². The molecule has 0 rings (SSSR count). The molecule has 0 bridgehead atoms. The molecule has 2 atom stereocenters. The number of hydrogen-bond donors (Lipinski definition) is 2. The molecule has 0 aliphatic carbocycles. The van der Waals surface area contributed by atoms with E-state index in [1.165, 1.54) is 0 Å². The van der Waals surface area contributed by atoms with E-state index in [9.17, 15) is 0 Å². The third kappa shape index (κ3) is 13.1. The van der Waals surface area contributed by atoms with E-state index in [4.69, 9.17) is 33.9 Å².